The van der Waals surface area contributed by atoms with Crippen molar-refractivity contribution in [1.82, 2.24) is 4.31 Å². The minimum atomic E-state index is -3.58. The smallest absolute Gasteiger partial charge is 0.262 e. The lowest BCUT2D eigenvalue weighted by Gasteiger charge is -2.16. The van der Waals surface area contributed by atoms with E-state index in [9.17, 15) is 13.2 Å². The lowest BCUT2D eigenvalue weighted by atomic mass is 10.1. The maximum atomic E-state index is 12.4. The Balaban J connectivity index is 2.18. The van der Waals surface area contributed by atoms with Crippen molar-refractivity contribution in [2.75, 3.05) is 26.0 Å². The largest absolute Gasteiger partial charge is 0.484 e. The van der Waals surface area contributed by atoms with Crippen LogP contribution >= 0.6 is 22.6 Å². The molecular weight excluding hydrogens is 467 g/mol. The fourth-order valence-electron chi connectivity index (χ4n) is 2.21. The van der Waals surface area contributed by atoms with E-state index in [4.69, 9.17) is 4.74 Å². The van der Waals surface area contributed by atoms with E-state index in [1.807, 2.05) is 32.0 Å². The number of nitrogens with zero attached hydrogens (tertiary/aromatic N) is 1. The Morgan fingerprint density at radius 3 is 2.50 bits per heavy atom. The van der Waals surface area contributed by atoms with Crippen LogP contribution in [-0.2, 0) is 14.8 Å². The van der Waals surface area contributed by atoms with Gasteiger partial charge in [0.25, 0.3) is 5.91 Å². The molecule has 2 aromatic rings. The van der Waals surface area contributed by atoms with E-state index in [0.29, 0.717) is 11.4 Å². The number of ether oxygens (including phenoxy) is 1. The van der Waals surface area contributed by atoms with Gasteiger partial charge in [-0.25, -0.2) is 12.7 Å². The van der Waals surface area contributed by atoms with Gasteiger partial charge in [0.1, 0.15) is 5.75 Å². The molecule has 0 saturated heterocycles. The van der Waals surface area contributed by atoms with Gasteiger partial charge in [0.05, 0.1) is 4.90 Å². The van der Waals surface area contributed by atoms with Crippen LogP contribution in [0.1, 0.15) is 11.1 Å². The SMILES string of the molecule is Cc1cc(S(=O)(=O)N(C)C)cc(NC(=O)COc2cccc(I)c2)c1C. The van der Waals surface area contributed by atoms with Gasteiger partial charge in [-0.1, -0.05) is 6.07 Å². The summed E-state index contributed by atoms with van der Waals surface area (Å²) < 4.78 is 32.4. The van der Waals surface area contributed by atoms with Crippen LogP contribution in [0.3, 0.4) is 0 Å². The molecule has 1 N–H and O–H groups in total. The fourth-order valence-corrected chi connectivity index (χ4v) is 3.74. The number of sulfonamides is 1. The molecule has 0 atom stereocenters. The summed E-state index contributed by atoms with van der Waals surface area (Å²) in [6, 6.07) is 10.4. The van der Waals surface area contributed by atoms with Crippen molar-refractivity contribution in [3.05, 3.63) is 51.1 Å². The third kappa shape index (κ3) is 4.95. The number of carbonyl (C=O) groups excluding carboxylic acids is 1. The Labute approximate surface area is 167 Å². The van der Waals surface area contributed by atoms with Gasteiger partial charge in [-0.05, 0) is 77.9 Å². The zero-order chi connectivity index (χ0) is 19.5. The fraction of sp³-hybridized carbons (Fsp3) is 0.278. The van der Waals surface area contributed by atoms with Crippen molar-refractivity contribution >= 4 is 44.2 Å². The number of rotatable bonds is 6. The van der Waals surface area contributed by atoms with Crippen molar-refractivity contribution in [1.29, 1.82) is 0 Å². The molecule has 0 aliphatic rings. The third-order valence-electron chi connectivity index (χ3n) is 3.86. The molecule has 2 aromatic carbocycles. The Morgan fingerprint density at radius 2 is 1.88 bits per heavy atom. The molecule has 26 heavy (non-hydrogen) atoms. The van der Waals surface area contributed by atoms with E-state index in [0.717, 1.165) is 19.0 Å². The first-order chi connectivity index (χ1) is 12.1. The van der Waals surface area contributed by atoms with Gasteiger partial charge < -0.3 is 10.1 Å². The Bertz CT molecular complexity index is 927. The van der Waals surface area contributed by atoms with Gasteiger partial charge in [0, 0.05) is 23.4 Å². The maximum Gasteiger partial charge on any atom is 0.262 e. The molecule has 0 fully saturated rings. The first kappa shape index (κ1) is 20.7. The monoisotopic (exact) mass is 488 g/mol. The van der Waals surface area contributed by atoms with E-state index in [-0.39, 0.29) is 17.4 Å². The van der Waals surface area contributed by atoms with Crippen molar-refractivity contribution in [3.8, 4) is 5.75 Å². The maximum absolute atomic E-state index is 12.4. The van der Waals surface area contributed by atoms with E-state index in [1.54, 1.807) is 12.1 Å². The molecule has 2 rings (SSSR count). The van der Waals surface area contributed by atoms with Crippen LogP contribution in [0.4, 0.5) is 5.69 Å². The molecule has 6 nitrogen and oxygen atoms in total. The molecule has 0 heterocycles. The lowest BCUT2D eigenvalue weighted by Crippen LogP contribution is -2.24. The van der Waals surface area contributed by atoms with Crippen LogP contribution in [0, 0.1) is 17.4 Å². The highest BCUT2D eigenvalue weighted by Crippen LogP contribution is 2.25. The highest BCUT2D eigenvalue weighted by molar-refractivity contribution is 14.1. The second kappa shape index (κ2) is 8.36. The molecule has 1 amide bonds. The van der Waals surface area contributed by atoms with Crippen molar-refractivity contribution in [3.63, 3.8) is 0 Å². The second-order valence-corrected chi connectivity index (χ2v) is 9.39. The first-order valence-corrected chi connectivity index (χ1v) is 10.3. The van der Waals surface area contributed by atoms with Crippen LogP contribution in [-0.4, -0.2) is 39.3 Å². The molecule has 140 valence electrons. The quantitative estimate of drug-likeness (QED) is 0.634. The number of anilines is 1. The summed E-state index contributed by atoms with van der Waals surface area (Å²) in [5.74, 6) is 0.245. The summed E-state index contributed by atoms with van der Waals surface area (Å²) in [6.45, 7) is 3.47. The number of hydrogen-bond donors (Lipinski definition) is 1. The predicted octanol–water partition coefficient (Wildman–Crippen LogP) is 3.18. The van der Waals surface area contributed by atoms with Gasteiger partial charge in [0.15, 0.2) is 6.61 Å². The third-order valence-corrected chi connectivity index (χ3v) is 6.32. The molecule has 0 saturated carbocycles. The molecule has 0 radical (unpaired) electrons. The number of nitrogens with one attached hydrogen (secondary N) is 1. The number of benzene rings is 2. The summed E-state index contributed by atoms with van der Waals surface area (Å²) in [7, 11) is -0.644. The van der Waals surface area contributed by atoms with E-state index in [1.165, 1.54) is 20.2 Å². The molecule has 0 bridgehead atoms. The van der Waals surface area contributed by atoms with Gasteiger partial charge in [-0.2, -0.15) is 0 Å². The van der Waals surface area contributed by atoms with Crippen LogP contribution in [0.2, 0.25) is 0 Å². The number of halogens is 1. The van der Waals surface area contributed by atoms with E-state index >= 15 is 0 Å². The first-order valence-electron chi connectivity index (χ1n) is 7.83. The van der Waals surface area contributed by atoms with Gasteiger partial charge in [-0.3, -0.25) is 4.79 Å². The van der Waals surface area contributed by atoms with Crippen molar-refractivity contribution in [2.24, 2.45) is 0 Å². The molecule has 0 spiro atoms. The number of hydrogen-bond acceptors (Lipinski definition) is 4. The second-order valence-electron chi connectivity index (χ2n) is 5.99. The molecule has 0 aromatic heterocycles. The number of aryl methyl sites for hydroxylation is 1. The van der Waals surface area contributed by atoms with Crippen LogP contribution < -0.4 is 10.1 Å². The molecule has 0 aliphatic heterocycles. The molecule has 8 heteroatoms. The van der Waals surface area contributed by atoms with E-state index < -0.39 is 10.0 Å². The van der Waals surface area contributed by atoms with Gasteiger partial charge in [-0.15, -0.1) is 0 Å². The molecule has 0 aliphatic carbocycles. The average molecular weight is 488 g/mol. The van der Waals surface area contributed by atoms with Crippen LogP contribution in [0.15, 0.2) is 41.3 Å². The minimum Gasteiger partial charge on any atom is -0.484 e. The summed E-state index contributed by atoms with van der Waals surface area (Å²) in [6.07, 6.45) is 0. The average Bonchev–Trinajstić information content (AvgIpc) is 2.56. The Morgan fingerprint density at radius 1 is 1.19 bits per heavy atom. The highest BCUT2D eigenvalue weighted by Gasteiger charge is 2.20. The predicted molar refractivity (Wildman–Crippen MR) is 110 cm³/mol. The van der Waals surface area contributed by atoms with Gasteiger partial charge in [0.2, 0.25) is 10.0 Å². The van der Waals surface area contributed by atoms with Crippen molar-refractivity contribution in [2.45, 2.75) is 18.7 Å². The number of carbonyl (C=O) groups is 1. The normalized spacial score (nSPS) is 11.5. The minimum absolute atomic E-state index is 0.138. The molecular formula is C18H21IN2O4S. The van der Waals surface area contributed by atoms with Crippen molar-refractivity contribution < 1.29 is 17.9 Å². The summed E-state index contributed by atoms with van der Waals surface area (Å²) >= 11 is 2.16. The Hall–Kier alpha value is -1.65. The van der Waals surface area contributed by atoms with Crippen LogP contribution in [0.25, 0.3) is 0 Å². The highest BCUT2D eigenvalue weighted by atomic mass is 127. The summed E-state index contributed by atoms with van der Waals surface area (Å²) in [5, 5.41) is 2.74. The summed E-state index contributed by atoms with van der Waals surface area (Å²) in [5.41, 5.74) is 2.05. The Kier molecular flexibility index (Phi) is 6.64. The molecule has 0 unspecified atom stereocenters. The zero-order valence-corrected chi connectivity index (χ0v) is 18.0. The van der Waals surface area contributed by atoms with Crippen LogP contribution in [0.5, 0.6) is 5.75 Å². The standard InChI is InChI=1S/C18H21IN2O4S/c1-12-8-16(26(23,24)21(3)4)10-17(13(12)2)20-18(22)11-25-15-7-5-6-14(19)9-15/h5-10H,11H2,1-4H3,(H,20,22). The lowest BCUT2D eigenvalue weighted by molar-refractivity contribution is -0.118. The summed E-state index contributed by atoms with van der Waals surface area (Å²) in [4.78, 5) is 12.4. The topological polar surface area (TPSA) is 75.7 Å². The number of amides is 1. The van der Waals surface area contributed by atoms with E-state index in [2.05, 4.69) is 27.9 Å². The zero-order valence-electron chi connectivity index (χ0n) is 15.0. The van der Waals surface area contributed by atoms with Gasteiger partial charge >= 0.3 is 0 Å².